The van der Waals surface area contributed by atoms with Crippen LogP contribution in [-0.2, 0) is 16.1 Å². The fourth-order valence-corrected chi connectivity index (χ4v) is 2.49. The molecule has 0 aromatic carbocycles. The SMILES string of the molecule is CCOC(=O)N1CCC(NC(N)=NCC(=O)NCc2ccco2)CC1. The smallest absolute Gasteiger partial charge is 0.409 e. The van der Waals surface area contributed by atoms with Crippen molar-refractivity contribution in [1.82, 2.24) is 15.5 Å². The second-order valence-corrected chi connectivity index (χ2v) is 5.66. The maximum atomic E-state index is 11.7. The van der Waals surface area contributed by atoms with E-state index in [9.17, 15) is 9.59 Å². The Balaban J connectivity index is 1.65. The molecule has 1 saturated heterocycles. The standard InChI is InChI=1S/C16H25N5O4/c1-2-24-16(23)21-7-5-12(6-8-21)20-15(17)19-11-14(22)18-10-13-4-3-9-25-13/h3-4,9,12H,2,5-8,10-11H2,1H3,(H,18,22)(H3,17,19,20). The number of nitrogens with one attached hydrogen (secondary N) is 2. The van der Waals surface area contributed by atoms with Crippen LogP contribution in [0.3, 0.4) is 0 Å². The summed E-state index contributed by atoms with van der Waals surface area (Å²) in [5.74, 6) is 0.665. The number of amides is 2. The summed E-state index contributed by atoms with van der Waals surface area (Å²) < 4.78 is 10.1. The molecule has 0 saturated carbocycles. The molecular weight excluding hydrogens is 326 g/mol. The Labute approximate surface area is 146 Å². The highest BCUT2D eigenvalue weighted by Gasteiger charge is 2.23. The number of aliphatic imine (C=N–C) groups is 1. The van der Waals surface area contributed by atoms with Crippen molar-refractivity contribution in [1.29, 1.82) is 0 Å². The summed E-state index contributed by atoms with van der Waals surface area (Å²) in [6.45, 7) is 3.63. The van der Waals surface area contributed by atoms with Gasteiger partial charge in [0.25, 0.3) is 0 Å². The summed E-state index contributed by atoms with van der Waals surface area (Å²) in [4.78, 5) is 29.1. The highest BCUT2D eigenvalue weighted by Crippen LogP contribution is 2.11. The molecular formula is C16H25N5O4. The fraction of sp³-hybridized carbons (Fsp3) is 0.562. The van der Waals surface area contributed by atoms with E-state index in [1.54, 1.807) is 30.2 Å². The van der Waals surface area contributed by atoms with Crippen LogP contribution in [0.5, 0.6) is 0 Å². The van der Waals surface area contributed by atoms with Crippen LogP contribution in [0.1, 0.15) is 25.5 Å². The number of piperidine rings is 1. The molecule has 1 aromatic rings. The predicted molar refractivity (Wildman–Crippen MR) is 91.8 cm³/mol. The van der Waals surface area contributed by atoms with E-state index < -0.39 is 0 Å². The predicted octanol–water partition coefficient (Wildman–Crippen LogP) is 0.421. The number of likely N-dealkylation sites (tertiary alicyclic amines) is 1. The first-order valence-corrected chi connectivity index (χ1v) is 8.35. The second-order valence-electron chi connectivity index (χ2n) is 5.66. The zero-order valence-corrected chi connectivity index (χ0v) is 14.4. The maximum absolute atomic E-state index is 11.7. The van der Waals surface area contributed by atoms with Gasteiger partial charge in [-0.05, 0) is 31.9 Å². The van der Waals surface area contributed by atoms with Gasteiger partial charge in [0.2, 0.25) is 5.91 Å². The van der Waals surface area contributed by atoms with Gasteiger partial charge in [0.05, 0.1) is 19.4 Å². The van der Waals surface area contributed by atoms with Gasteiger partial charge in [-0.2, -0.15) is 0 Å². The van der Waals surface area contributed by atoms with Crippen LogP contribution < -0.4 is 16.4 Å². The normalized spacial score (nSPS) is 15.7. The quantitative estimate of drug-likeness (QED) is 0.504. The molecule has 0 unspecified atom stereocenters. The highest BCUT2D eigenvalue weighted by atomic mass is 16.6. The Hall–Kier alpha value is -2.71. The third kappa shape index (κ3) is 6.36. The molecule has 0 aliphatic carbocycles. The Bertz CT molecular complexity index is 579. The Morgan fingerprint density at radius 2 is 2.20 bits per heavy atom. The fourth-order valence-electron chi connectivity index (χ4n) is 2.49. The number of ether oxygens (including phenoxy) is 1. The van der Waals surface area contributed by atoms with E-state index in [2.05, 4.69) is 15.6 Å². The molecule has 0 radical (unpaired) electrons. The monoisotopic (exact) mass is 351 g/mol. The van der Waals surface area contributed by atoms with Gasteiger partial charge in [0, 0.05) is 19.1 Å². The summed E-state index contributed by atoms with van der Waals surface area (Å²) in [5.41, 5.74) is 5.82. The van der Waals surface area contributed by atoms with Crippen molar-refractivity contribution in [2.75, 3.05) is 26.2 Å². The van der Waals surface area contributed by atoms with Gasteiger partial charge in [-0.1, -0.05) is 0 Å². The third-order valence-corrected chi connectivity index (χ3v) is 3.81. The van der Waals surface area contributed by atoms with E-state index in [0.717, 1.165) is 12.8 Å². The average molecular weight is 351 g/mol. The Morgan fingerprint density at radius 1 is 1.44 bits per heavy atom. The molecule has 1 fully saturated rings. The molecule has 2 amide bonds. The number of carbonyl (C=O) groups is 2. The largest absolute Gasteiger partial charge is 0.467 e. The Morgan fingerprint density at radius 3 is 2.84 bits per heavy atom. The molecule has 2 rings (SSSR count). The number of carbonyl (C=O) groups excluding carboxylic acids is 2. The molecule has 2 heterocycles. The average Bonchev–Trinajstić information content (AvgIpc) is 3.12. The van der Waals surface area contributed by atoms with E-state index in [4.69, 9.17) is 14.9 Å². The van der Waals surface area contributed by atoms with Crippen molar-refractivity contribution in [3.8, 4) is 0 Å². The summed E-state index contributed by atoms with van der Waals surface area (Å²) >= 11 is 0. The molecule has 4 N–H and O–H groups in total. The van der Waals surface area contributed by atoms with Crippen LogP contribution in [0.2, 0.25) is 0 Å². The lowest BCUT2D eigenvalue weighted by molar-refractivity contribution is -0.119. The number of guanidine groups is 1. The number of furan rings is 1. The zero-order valence-electron chi connectivity index (χ0n) is 14.4. The van der Waals surface area contributed by atoms with Gasteiger partial charge in [-0.15, -0.1) is 0 Å². The van der Waals surface area contributed by atoms with Crippen molar-refractivity contribution in [3.63, 3.8) is 0 Å². The molecule has 1 aliphatic rings. The highest BCUT2D eigenvalue weighted by molar-refractivity contribution is 5.84. The molecule has 9 heteroatoms. The number of nitrogens with zero attached hydrogens (tertiary/aromatic N) is 2. The molecule has 1 aliphatic heterocycles. The minimum atomic E-state index is -0.282. The van der Waals surface area contributed by atoms with Gasteiger partial charge in [-0.25, -0.2) is 9.79 Å². The minimum absolute atomic E-state index is 0.0544. The number of hydrogen-bond donors (Lipinski definition) is 3. The van der Waals surface area contributed by atoms with E-state index >= 15 is 0 Å². The van der Waals surface area contributed by atoms with Crippen LogP contribution in [0.4, 0.5) is 4.79 Å². The molecule has 1 aromatic heterocycles. The minimum Gasteiger partial charge on any atom is -0.467 e. The van der Waals surface area contributed by atoms with Gasteiger partial charge in [0.1, 0.15) is 12.3 Å². The maximum Gasteiger partial charge on any atom is 0.409 e. The van der Waals surface area contributed by atoms with Gasteiger partial charge in [0.15, 0.2) is 5.96 Å². The van der Waals surface area contributed by atoms with E-state index in [0.29, 0.717) is 32.0 Å². The van der Waals surface area contributed by atoms with Crippen LogP contribution in [0.15, 0.2) is 27.8 Å². The Kier molecular flexibility index (Phi) is 7.12. The van der Waals surface area contributed by atoms with Crippen molar-refractivity contribution < 1.29 is 18.7 Å². The summed E-state index contributed by atoms with van der Waals surface area (Å²) in [6.07, 6.45) is 2.77. The van der Waals surface area contributed by atoms with Crippen molar-refractivity contribution in [2.45, 2.75) is 32.4 Å². The molecule has 25 heavy (non-hydrogen) atoms. The first kappa shape index (κ1) is 18.6. The van der Waals surface area contributed by atoms with Crippen molar-refractivity contribution >= 4 is 18.0 Å². The van der Waals surface area contributed by atoms with E-state index in [1.807, 2.05) is 0 Å². The molecule has 0 atom stereocenters. The first-order valence-electron chi connectivity index (χ1n) is 8.35. The lowest BCUT2D eigenvalue weighted by Gasteiger charge is -2.31. The van der Waals surface area contributed by atoms with E-state index in [1.165, 1.54) is 0 Å². The third-order valence-electron chi connectivity index (χ3n) is 3.81. The topological polar surface area (TPSA) is 122 Å². The van der Waals surface area contributed by atoms with E-state index in [-0.39, 0.29) is 30.5 Å². The summed E-state index contributed by atoms with van der Waals surface area (Å²) in [5, 5.41) is 5.78. The molecule has 0 bridgehead atoms. The summed E-state index contributed by atoms with van der Waals surface area (Å²) in [7, 11) is 0. The van der Waals surface area contributed by atoms with Crippen molar-refractivity contribution in [3.05, 3.63) is 24.2 Å². The van der Waals surface area contributed by atoms with Gasteiger partial charge < -0.3 is 30.4 Å². The summed E-state index contributed by atoms with van der Waals surface area (Å²) in [6, 6.07) is 3.66. The van der Waals surface area contributed by atoms with Crippen molar-refractivity contribution in [2.24, 2.45) is 10.7 Å². The first-order chi connectivity index (χ1) is 12.1. The number of rotatable bonds is 6. The molecule has 0 spiro atoms. The lowest BCUT2D eigenvalue weighted by atomic mass is 10.1. The molecule has 138 valence electrons. The van der Waals surface area contributed by atoms with Gasteiger partial charge in [-0.3, -0.25) is 4.79 Å². The number of nitrogens with two attached hydrogens (primary N) is 1. The molecule has 9 nitrogen and oxygen atoms in total. The van der Waals surface area contributed by atoms with Crippen LogP contribution >= 0.6 is 0 Å². The zero-order chi connectivity index (χ0) is 18.1. The van der Waals surface area contributed by atoms with Gasteiger partial charge >= 0.3 is 6.09 Å². The second kappa shape index (κ2) is 9.55. The van der Waals surface area contributed by atoms with Crippen LogP contribution in [0.25, 0.3) is 0 Å². The number of hydrogen-bond acceptors (Lipinski definition) is 5. The van der Waals surface area contributed by atoms with Crippen LogP contribution in [-0.4, -0.2) is 55.1 Å². The lowest BCUT2D eigenvalue weighted by Crippen LogP contribution is -2.48. The van der Waals surface area contributed by atoms with Crippen LogP contribution in [0, 0.1) is 0 Å².